The number of pyridine rings is 1. The number of aromatic nitrogens is 3. The summed E-state index contributed by atoms with van der Waals surface area (Å²) in [4.78, 5) is 16.4. The molecule has 2 aromatic heterocycles. The van der Waals surface area contributed by atoms with E-state index in [0.717, 1.165) is 36.2 Å². The fourth-order valence-electron chi connectivity index (χ4n) is 3.78. The maximum absolute atomic E-state index is 12.7. The molecule has 5 nitrogen and oxygen atoms in total. The number of benzene rings is 1. The third-order valence-corrected chi connectivity index (χ3v) is 5.34. The molecule has 0 radical (unpaired) electrons. The van der Waals surface area contributed by atoms with Gasteiger partial charge in [-0.25, -0.2) is 0 Å². The Morgan fingerprint density at radius 1 is 1.07 bits per heavy atom. The first-order valence-electron chi connectivity index (χ1n) is 9.86. The number of amides is 1. The van der Waals surface area contributed by atoms with Crippen LogP contribution in [0.5, 0.6) is 0 Å². The second-order valence-corrected chi connectivity index (χ2v) is 7.40. The first-order chi connectivity index (χ1) is 14.4. The van der Waals surface area contributed by atoms with Crippen molar-refractivity contribution in [2.75, 3.05) is 0 Å². The standard InChI is InChI=1S/C22H21F3N4O/c23-22(24,25)17-7-5-16(6-8-17)21(30)27-14-18-13-20(15-9-11-26-12-10-15)29(28-18)19-3-1-2-4-19/h5-13,19H,1-4,14H2,(H,27,30). The lowest BCUT2D eigenvalue weighted by Crippen LogP contribution is -2.23. The first kappa shape index (κ1) is 20.1. The van der Waals surface area contributed by atoms with Crippen LogP contribution < -0.4 is 5.32 Å². The van der Waals surface area contributed by atoms with Crippen molar-refractivity contribution in [3.8, 4) is 11.3 Å². The van der Waals surface area contributed by atoms with E-state index in [1.807, 2.05) is 22.9 Å². The van der Waals surface area contributed by atoms with Crippen molar-refractivity contribution >= 4 is 5.91 Å². The van der Waals surface area contributed by atoms with Crippen LogP contribution in [-0.2, 0) is 12.7 Å². The molecule has 0 aliphatic heterocycles. The second-order valence-electron chi connectivity index (χ2n) is 7.40. The number of rotatable bonds is 5. The number of carbonyl (C=O) groups is 1. The Morgan fingerprint density at radius 3 is 2.37 bits per heavy atom. The molecule has 1 aromatic carbocycles. The van der Waals surface area contributed by atoms with E-state index in [1.165, 1.54) is 25.0 Å². The van der Waals surface area contributed by atoms with Gasteiger partial charge in [0.25, 0.3) is 5.91 Å². The number of nitrogens with one attached hydrogen (secondary N) is 1. The normalized spacial score (nSPS) is 14.8. The van der Waals surface area contributed by atoms with E-state index < -0.39 is 17.6 Å². The van der Waals surface area contributed by atoms with Crippen LogP contribution in [0.1, 0.15) is 53.3 Å². The van der Waals surface area contributed by atoms with Gasteiger partial charge in [0.1, 0.15) is 0 Å². The molecule has 1 N–H and O–H groups in total. The highest BCUT2D eigenvalue weighted by molar-refractivity contribution is 5.94. The van der Waals surface area contributed by atoms with E-state index in [1.54, 1.807) is 12.4 Å². The van der Waals surface area contributed by atoms with E-state index in [-0.39, 0.29) is 12.1 Å². The van der Waals surface area contributed by atoms with Gasteiger partial charge in [-0.3, -0.25) is 14.5 Å². The molecule has 30 heavy (non-hydrogen) atoms. The van der Waals surface area contributed by atoms with Crippen molar-refractivity contribution < 1.29 is 18.0 Å². The molecule has 4 rings (SSSR count). The zero-order chi connectivity index (χ0) is 21.1. The Labute approximate surface area is 171 Å². The molecule has 1 aliphatic rings. The summed E-state index contributed by atoms with van der Waals surface area (Å²) in [6.45, 7) is 0.192. The molecule has 1 fully saturated rings. The van der Waals surface area contributed by atoms with Gasteiger partial charge in [-0.05, 0) is 55.3 Å². The van der Waals surface area contributed by atoms with Gasteiger partial charge in [0.2, 0.25) is 0 Å². The van der Waals surface area contributed by atoms with Crippen molar-refractivity contribution in [1.82, 2.24) is 20.1 Å². The number of alkyl halides is 3. The van der Waals surface area contributed by atoms with Gasteiger partial charge in [-0.2, -0.15) is 18.3 Å². The van der Waals surface area contributed by atoms with Crippen molar-refractivity contribution in [3.05, 3.63) is 71.7 Å². The maximum atomic E-state index is 12.7. The Balaban J connectivity index is 1.50. The summed E-state index contributed by atoms with van der Waals surface area (Å²) in [6.07, 6.45) is 3.50. The average molecular weight is 414 g/mol. The van der Waals surface area contributed by atoms with E-state index in [4.69, 9.17) is 5.10 Å². The lowest BCUT2D eigenvalue weighted by atomic mass is 10.1. The molecule has 156 valence electrons. The van der Waals surface area contributed by atoms with Crippen molar-refractivity contribution in [3.63, 3.8) is 0 Å². The third-order valence-electron chi connectivity index (χ3n) is 5.34. The molecule has 1 aliphatic carbocycles. The quantitative estimate of drug-likeness (QED) is 0.639. The minimum absolute atomic E-state index is 0.174. The molecule has 0 atom stereocenters. The summed E-state index contributed by atoms with van der Waals surface area (Å²) in [5.74, 6) is -0.440. The average Bonchev–Trinajstić information content (AvgIpc) is 3.42. The third kappa shape index (κ3) is 4.37. The van der Waals surface area contributed by atoms with Gasteiger partial charge in [-0.15, -0.1) is 0 Å². The Kier molecular flexibility index (Phi) is 5.57. The van der Waals surface area contributed by atoms with Crippen LogP contribution in [0.2, 0.25) is 0 Å². The fraction of sp³-hybridized carbons (Fsp3) is 0.318. The summed E-state index contributed by atoms with van der Waals surface area (Å²) in [6, 6.07) is 10.3. The highest BCUT2D eigenvalue weighted by Gasteiger charge is 2.30. The van der Waals surface area contributed by atoms with Crippen LogP contribution >= 0.6 is 0 Å². The van der Waals surface area contributed by atoms with Crippen molar-refractivity contribution in [2.24, 2.45) is 0 Å². The zero-order valence-corrected chi connectivity index (χ0v) is 16.2. The van der Waals surface area contributed by atoms with E-state index in [9.17, 15) is 18.0 Å². The molecule has 0 saturated heterocycles. The summed E-state index contributed by atoms with van der Waals surface area (Å²) >= 11 is 0. The predicted molar refractivity (Wildman–Crippen MR) is 106 cm³/mol. The molecule has 0 bridgehead atoms. The topological polar surface area (TPSA) is 59.8 Å². The van der Waals surface area contributed by atoms with Crippen molar-refractivity contribution in [1.29, 1.82) is 0 Å². The van der Waals surface area contributed by atoms with E-state index in [0.29, 0.717) is 11.7 Å². The summed E-state index contributed by atoms with van der Waals surface area (Å²) in [7, 11) is 0. The molecule has 8 heteroatoms. The highest BCUT2D eigenvalue weighted by atomic mass is 19.4. The molecule has 3 aromatic rings. The smallest absolute Gasteiger partial charge is 0.346 e. The molecule has 1 amide bonds. The van der Waals surface area contributed by atoms with E-state index >= 15 is 0 Å². The van der Waals surface area contributed by atoms with Gasteiger partial charge in [0.15, 0.2) is 0 Å². The summed E-state index contributed by atoms with van der Waals surface area (Å²) in [5, 5.41) is 7.46. The van der Waals surface area contributed by atoms with Crippen molar-refractivity contribution in [2.45, 2.75) is 44.4 Å². The number of nitrogens with zero attached hydrogens (tertiary/aromatic N) is 3. The fourth-order valence-corrected chi connectivity index (χ4v) is 3.78. The number of carbonyl (C=O) groups excluding carboxylic acids is 1. The maximum Gasteiger partial charge on any atom is 0.416 e. The van der Waals surface area contributed by atoms with Gasteiger partial charge in [-0.1, -0.05) is 12.8 Å². The summed E-state index contributed by atoms with van der Waals surface area (Å²) < 4.78 is 40.1. The molecule has 1 saturated carbocycles. The molecule has 0 spiro atoms. The van der Waals surface area contributed by atoms with Gasteiger partial charge >= 0.3 is 6.18 Å². The summed E-state index contributed by atoms with van der Waals surface area (Å²) in [5.41, 5.74) is 2.07. The van der Waals surface area contributed by atoms with Crippen LogP contribution in [0.3, 0.4) is 0 Å². The Morgan fingerprint density at radius 2 is 1.73 bits per heavy atom. The lowest BCUT2D eigenvalue weighted by molar-refractivity contribution is -0.137. The second kappa shape index (κ2) is 8.30. The van der Waals surface area contributed by atoms with E-state index in [2.05, 4.69) is 10.3 Å². The molecular weight excluding hydrogens is 393 g/mol. The molecular formula is C22H21F3N4O. The minimum Gasteiger partial charge on any atom is -0.346 e. The van der Waals surface area contributed by atoms with Crippen LogP contribution in [0.25, 0.3) is 11.3 Å². The zero-order valence-electron chi connectivity index (χ0n) is 16.2. The SMILES string of the molecule is O=C(NCc1cc(-c2ccncc2)n(C2CCCC2)n1)c1ccc(C(F)(F)F)cc1. The monoisotopic (exact) mass is 414 g/mol. The van der Waals surface area contributed by atoms with Crippen LogP contribution in [0.15, 0.2) is 54.9 Å². The van der Waals surface area contributed by atoms with Gasteiger partial charge in [0.05, 0.1) is 29.5 Å². The largest absolute Gasteiger partial charge is 0.416 e. The van der Waals surface area contributed by atoms with Gasteiger partial charge < -0.3 is 5.32 Å². The Bertz CT molecular complexity index is 1010. The predicted octanol–water partition coefficient (Wildman–Crippen LogP) is 5.01. The number of halogens is 3. The van der Waals surface area contributed by atoms with Crippen LogP contribution in [0.4, 0.5) is 13.2 Å². The first-order valence-corrected chi connectivity index (χ1v) is 9.86. The van der Waals surface area contributed by atoms with Crippen LogP contribution in [0, 0.1) is 0 Å². The molecule has 0 unspecified atom stereocenters. The van der Waals surface area contributed by atoms with Gasteiger partial charge in [0, 0.05) is 23.5 Å². The Hall–Kier alpha value is -3.16. The number of hydrogen-bond donors (Lipinski definition) is 1. The minimum atomic E-state index is -4.43. The molecule has 2 heterocycles. The van der Waals surface area contributed by atoms with Crippen LogP contribution in [-0.4, -0.2) is 20.7 Å². The number of hydrogen-bond acceptors (Lipinski definition) is 3. The highest BCUT2D eigenvalue weighted by Crippen LogP contribution is 2.33. The lowest BCUT2D eigenvalue weighted by Gasteiger charge is -2.14.